The summed E-state index contributed by atoms with van der Waals surface area (Å²) in [5.41, 5.74) is 0. The summed E-state index contributed by atoms with van der Waals surface area (Å²) in [6.07, 6.45) is 52.1. The molecule has 0 radical (unpaired) electrons. The van der Waals surface area contributed by atoms with Crippen molar-refractivity contribution in [3.8, 4) is 0 Å². The van der Waals surface area contributed by atoms with Gasteiger partial charge in [-0.3, -0.25) is 18.6 Å². The second-order valence-corrected chi connectivity index (χ2v) is 17.9. The maximum Gasteiger partial charge on any atom is 0.472 e. The maximum absolute atomic E-state index is 12.7. The van der Waals surface area contributed by atoms with Crippen LogP contribution in [0.15, 0.2) is 97.2 Å². The van der Waals surface area contributed by atoms with Crippen molar-refractivity contribution in [2.24, 2.45) is 0 Å². The lowest BCUT2D eigenvalue weighted by atomic mass is 10.1. The molecule has 0 amide bonds. The average Bonchev–Trinajstić information content (AvgIpc) is 3.97. The van der Waals surface area contributed by atoms with Crippen LogP contribution in [0.1, 0.15) is 142 Å². The Morgan fingerprint density at radius 3 is 1.61 bits per heavy atom. The Morgan fingerprint density at radius 2 is 1.10 bits per heavy atom. The number of carbonyl (C=O) groups excluding carboxylic acids is 2. The van der Waals surface area contributed by atoms with Crippen molar-refractivity contribution in [2.75, 3.05) is 47.5 Å². The van der Waals surface area contributed by atoms with E-state index in [1.54, 1.807) is 0 Å². The molecule has 1 heterocycles. The van der Waals surface area contributed by atoms with E-state index in [0.717, 1.165) is 57.8 Å². The van der Waals surface area contributed by atoms with Crippen molar-refractivity contribution in [1.82, 2.24) is 0 Å². The molecule has 0 spiro atoms. The number of nitrogens with zero attached hydrogens (tertiary/aromatic N) is 1. The van der Waals surface area contributed by atoms with E-state index in [1.165, 1.54) is 44.9 Å². The Balaban J connectivity index is 2.39. The second-order valence-electron chi connectivity index (χ2n) is 16.5. The van der Waals surface area contributed by atoms with E-state index in [9.17, 15) is 19.0 Å². The van der Waals surface area contributed by atoms with Crippen LogP contribution in [-0.4, -0.2) is 87.1 Å². The molecular formula is C50H83NO9P+. The van der Waals surface area contributed by atoms with Crippen molar-refractivity contribution in [2.45, 2.75) is 161 Å². The van der Waals surface area contributed by atoms with Gasteiger partial charge in [0.05, 0.1) is 40.0 Å². The van der Waals surface area contributed by atoms with Crippen LogP contribution in [-0.2, 0) is 37.4 Å². The summed E-state index contributed by atoms with van der Waals surface area (Å²) < 4.78 is 40.0. The topological polar surface area (TPSA) is 121 Å². The summed E-state index contributed by atoms with van der Waals surface area (Å²) >= 11 is 0. The van der Waals surface area contributed by atoms with Crippen LogP contribution in [0.5, 0.6) is 0 Å². The molecule has 1 aliphatic heterocycles. The van der Waals surface area contributed by atoms with Crippen LogP contribution in [0.25, 0.3) is 0 Å². The molecule has 1 rings (SSSR count). The highest BCUT2D eigenvalue weighted by atomic mass is 31.2. The fraction of sp³-hybridized carbons (Fsp3) is 0.640. The summed E-state index contributed by atoms with van der Waals surface area (Å²) in [7, 11) is 1.37. The molecule has 11 heteroatoms. The monoisotopic (exact) mass is 873 g/mol. The molecule has 0 aliphatic carbocycles. The zero-order valence-electron chi connectivity index (χ0n) is 38.5. The third-order valence-corrected chi connectivity index (χ3v) is 10.5. The number of quaternary nitrogens is 1. The molecule has 0 bridgehead atoms. The summed E-state index contributed by atoms with van der Waals surface area (Å²) in [6, 6.07) is 0. The van der Waals surface area contributed by atoms with Gasteiger partial charge in [-0.15, -0.1) is 0 Å². The van der Waals surface area contributed by atoms with Gasteiger partial charge in [0.15, 0.2) is 6.10 Å². The molecule has 1 fully saturated rings. The Kier molecular flexibility index (Phi) is 34.3. The first kappa shape index (κ1) is 55.9. The highest BCUT2D eigenvalue weighted by molar-refractivity contribution is 7.47. The Labute approximate surface area is 370 Å². The minimum atomic E-state index is -4.42. The van der Waals surface area contributed by atoms with Crippen molar-refractivity contribution in [3.05, 3.63) is 97.2 Å². The number of carbonyl (C=O) groups is 2. The van der Waals surface area contributed by atoms with Crippen LogP contribution in [0.2, 0.25) is 0 Å². The van der Waals surface area contributed by atoms with Crippen LogP contribution in [0, 0.1) is 0 Å². The van der Waals surface area contributed by atoms with Gasteiger partial charge in [0, 0.05) is 12.8 Å². The minimum Gasteiger partial charge on any atom is -0.462 e. The van der Waals surface area contributed by atoms with Gasteiger partial charge < -0.3 is 23.6 Å². The summed E-state index contributed by atoms with van der Waals surface area (Å²) in [5, 5.41) is 0. The highest BCUT2D eigenvalue weighted by Crippen LogP contribution is 2.43. The van der Waals surface area contributed by atoms with Gasteiger partial charge in [0.1, 0.15) is 19.8 Å². The number of phosphoric ester groups is 1. The third-order valence-electron chi connectivity index (χ3n) is 9.52. The summed E-state index contributed by atoms with van der Waals surface area (Å²) in [6.45, 7) is 4.17. The number of epoxide rings is 1. The smallest absolute Gasteiger partial charge is 0.462 e. The SMILES string of the molecule is CCCCC/C=C\C/C=C\C/C=C\C/C=C\C/C=C\CCC(=O)O[C@H](COC(=O)CCCC1OC1C/C=C\C/C=C\C/C=C\CCCCC)COP(=O)(O)OCC[N+](C)(C)C. The molecular weight excluding hydrogens is 790 g/mol. The van der Waals surface area contributed by atoms with E-state index in [1.807, 2.05) is 33.3 Å². The van der Waals surface area contributed by atoms with Crippen molar-refractivity contribution >= 4 is 19.8 Å². The van der Waals surface area contributed by atoms with Crippen LogP contribution in [0.3, 0.4) is 0 Å². The fourth-order valence-electron chi connectivity index (χ4n) is 5.79. The Hall–Kier alpha value is -3.11. The predicted molar refractivity (Wildman–Crippen MR) is 251 cm³/mol. The van der Waals surface area contributed by atoms with Gasteiger partial charge in [-0.05, 0) is 89.9 Å². The van der Waals surface area contributed by atoms with E-state index >= 15 is 0 Å². The molecule has 1 N–H and O–H groups in total. The van der Waals surface area contributed by atoms with E-state index < -0.39 is 32.5 Å². The fourth-order valence-corrected chi connectivity index (χ4v) is 6.53. The molecule has 0 saturated carbocycles. The number of likely N-dealkylation sites (N-methyl/N-ethyl adjacent to an activating group) is 1. The molecule has 1 aliphatic rings. The number of ether oxygens (including phenoxy) is 3. The van der Waals surface area contributed by atoms with Crippen LogP contribution < -0.4 is 0 Å². The lowest BCUT2D eigenvalue weighted by molar-refractivity contribution is -0.870. The van der Waals surface area contributed by atoms with Crippen molar-refractivity contribution in [1.29, 1.82) is 0 Å². The number of phosphoric acid groups is 1. The van der Waals surface area contributed by atoms with Crippen LogP contribution >= 0.6 is 7.82 Å². The first-order chi connectivity index (χ1) is 29.5. The van der Waals surface area contributed by atoms with E-state index in [0.29, 0.717) is 23.9 Å². The van der Waals surface area contributed by atoms with E-state index in [2.05, 4.69) is 98.9 Å². The summed E-state index contributed by atoms with van der Waals surface area (Å²) in [4.78, 5) is 35.5. The molecule has 0 aromatic carbocycles. The van der Waals surface area contributed by atoms with Crippen molar-refractivity contribution in [3.63, 3.8) is 0 Å². The molecule has 346 valence electrons. The average molecular weight is 873 g/mol. The van der Waals surface area contributed by atoms with Gasteiger partial charge in [0.2, 0.25) is 0 Å². The lowest BCUT2D eigenvalue weighted by Crippen LogP contribution is -2.37. The Bertz CT molecular complexity index is 1420. The number of esters is 2. The summed E-state index contributed by atoms with van der Waals surface area (Å²) in [5.74, 6) is -0.982. The molecule has 1 saturated heterocycles. The Morgan fingerprint density at radius 1 is 0.607 bits per heavy atom. The lowest BCUT2D eigenvalue weighted by Gasteiger charge is -2.24. The first-order valence-electron chi connectivity index (χ1n) is 23.1. The van der Waals surface area contributed by atoms with E-state index in [-0.39, 0.29) is 38.3 Å². The molecule has 61 heavy (non-hydrogen) atoms. The maximum atomic E-state index is 12.7. The zero-order chi connectivity index (χ0) is 44.7. The zero-order valence-corrected chi connectivity index (χ0v) is 39.4. The normalized spacial score (nSPS) is 17.7. The number of allylic oxidation sites excluding steroid dienone is 15. The first-order valence-corrected chi connectivity index (χ1v) is 24.6. The molecule has 0 aromatic rings. The highest BCUT2D eigenvalue weighted by Gasteiger charge is 2.36. The van der Waals surface area contributed by atoms with Gasteiger partial charge in [-0.1, -0.05) is 137 Å². The molecule has 3 unspecified atom stereocenters. The number of unbranched alkanes of at least 4 members (excludes halogenated alkanes) is 6. The van der Waals surface area contributed by atoms with Gasteiger partial charge in [-0.25, -0.2) is 4.57 Å². The number of rotatable bonds is 39. The van der Waals surface area contributed by atoms with Gasteiger partial charge >= 0.3 is 19.8 Å². The van der Waals surface area contributed by atoms with E-state index in [4.69, 9.17) is 23.3 Å². The molecule has 4 atom stereocenters. The number of hydrogen-bond donors (Lipinski definition) is 1. The molecule has 10 nitrogen and oxygen atoms in total. The number of hydrogen-bond acceptors (Lipinski definition) is 8. The predicted octanol–water partition coefficient (Wildman–Crippen LogP) is 12.3. The van der Waals surface area contributed by atoms with Crippen molar-refractivity contribution < 1.29 is 46.8 Å². The standard InChI is InChI=1S/C50H82NO9P/c1-6-8-10-12-14-16-18-20-21-22-23-24-25-26-28-30-32-34-36-40-50(53)59-46(45-58-61(54,55)57-43-42-51(3,4)5)44-56-49(52)41-37-39-48-47(60-48)38-35-33-31-29-27-19-17-15-13-11-9-7-2/h14-17,20-21,23-24,26-29,32-35,46-48H,6-13,18-19,22,25,30-31,36-45H2,1-5H3/p+1/b16-14-,17-15-,21-20-,24-23-,28-26-,29-27-,34-32-,35-33-/t46-,47?,48?/m1/s1. The van der Waals surface area contributed by atoms with Crippen LogP contribution in [0.4, 0.5) is 0 Å². The second kappa shape index (κ2) is 37.4. The molecule has 0 aromatic heterocycles. The minimum absolute atomic E-state index is 0.000666. The van der Waals surface area contributed by atoms with Gasteiger partial charge in [0.25, 0.3) is 0 Å². The van der Waals surface area contributed by atoms with Gasteiger partial charge in [-0.2, -0.15) is 0 Å². The quantitative estimate of drug-likeness (QED) is 0.0161. The third kappa shape index (κ3) is 38.3. The largest absolute Gasteiger partial charge is 0.472 e.